The largest absolute Gasteiger partial charge is 0.340 e. The number of likely N-dealkylation sites (N-methyl/N-ethyl adjacent to an activating group) is 1. The molecule has 0 aliphatic rings. The average molecular weight is 321 g/mol. The van der Waals surface area contributed by atoms with E-state index in [1.54, 1.807) is 29.8 Å². The third-order valence-electron chi connectivity index (χ3n) is 2.77. The van der Waals surface area contributed by atoms with Crippen LogP contribution >= 0.6 is 35.0 Å². The Bertz CT molecular complexity index is 443. The lowest BCUT2D eigenvalue weighted by Gasteiger charge is -2.22. The maximum atomic E-state index is 12.1. The first-order chi connectivity index (χ1) is 8.97. The monoisotopic (exact) mass is 320 g/mol. The number of hydrogen-bond acceptors (Lipinski definition) is 3. The zero-order valence-electron chi connectivity index (χ0n) is 11.0. The molecule has 19 heavy (non-hydrogen) atoms. The van der Waals surface area contributed by atoms with E-state index in [4.69, 9.17) is 28.9 Å². The van der Waals surface area contributed by atoms with Crippen molar-refractivity contribution in [2.45, 2.75) is 19.0 Å². The molecule has 0 saturated carbocycles. The van der Waals surface area contributed by atoms with E-state index in [1.165, 1.54) is 0 Å². The summed E-state index contributed by atoms with van der Waals surface area (Å²) in [5, 5.41) is 0.980. The Morgan fingerprint density at radius 1 is 1.47 bits per heavy atom. The molecule has 0 radical (unpaired) electrons. The van der Waals surface area contributed by atoms with Crippen molar-refractivity contribution >= 4 is 40.9 Å². The molecule has 0 aliphatic heterocycles. The molecular weight excluding hydrogens is 303 g/mol. The molecule has 0 saturated heterocycles. The minimum Gasteiger partial charge on any atom is -0.340 e. The first-order valence-electron chi connectivity index (χ1n) is 5.89. The highest BCUT2D eigenvalue weighted by Crippen LogP contribution is 2.26. The Morgan fingerprint density at radius 2 is 2.16 bits per heavy atom. The van der Waals surface area contributed by atoms with Crippen molar-refractivity contribution in [1.82, 2.24) is 4.90 Å². The fourth-order valence-electron chi connectivity index (χ4n) is 1.66. The normalized spacial score (nSPS) is 12.3. The van der Waals surface area contributed by atoms with Gasteiger partial charge in [-0.05, 0) is 30.1 Å². The number of benzene rings is 1. The van der Waals surface area contributed by atoms with E-state index in [2.05, 4.69) is 0 Å². The van der Waals surface area contributed by atoms with Crippen molar-refractivity contribution < 1.29 is 4.79 Å². The molecule has 3 nitrogen and oxygen atoms in total. The summed E-state index contributed by atoms with van der Waals surface area (Å²) < 4.78 is 0. The van der Waals surface area contributed by atoms with Gasteiger partial charge in [0, 0.05) is 13.6 Å². The molecule has 1 amide bonds. The van der Waals surface area contributed by atoms with Gasteiger partial charge in [0.2, 0.25) is 5.91 Å². The molecule has 0 aromatic heterocycles. The van der Waals surface area contributed by atoms with Crippen LogP contribution in [-0.4, -0.2) is 35.9 Å². The molecule has 0 heterocycles. The van der Waals surface area contributed by atoms with Crippen molar-refractivity contribution in [3.63, 3.8) is 0 Å². The molecule has 0 aliphatic carbocycles. The number of hydrogen-bond donors (Lipinski definition) is 1. The van der Waals surface area contributed by atoms with Crippen molar-refractivity contribution in [3.05, 3.63) is 33.8 Å². The number of nitrogens with zero attached hydrogens (tertiary/aromatic N) is 1. The van der Waals surface area contributed by atoms with Gasteiger partial charge in [-0.25, -0.2) is 0 Å². The van der Waals surface area contributed by atoms with Crippen molar-refractivity contribution in [3.8, 4) is 0 Å². The van der Waals surface area contributed by atoms with E-state index < -0.39 is 6.04 Å². The molecule has 2 N–H and O–H groups in total. The van der Waals surface area contributed by atoms with Crippen LogP contribution in [0.1, 0.15) is 12.0 Å². The van der Waals surface area contributed by atoms with Gasteiger partial charge < -0.3 is 10.6 Å². The second kappa shape index (κ2) is 8.00. The van der Waals surface area contributed by atoms with Gasteiger partial charge in [-0.15, -0.1) is 0 Å². The number of nitrogens with two attached hydrogens (primary N) is 1. The number of carbonyl (C=O) groups is 1. The van der Waals surface area contributed by atoms with Crippen molar-refractivity contribution in [1.29, 1.82) is 0 Å². The molecule has 0 bridgehead atoms. The minimum atomic E-state index is -0.463. The van der Waals surface area contributed by atoms with Gasteiger partial charge >= 0.3 is 0 Å². The maximum absolute atomic E-state index is 12.1. The fourth-order valence-corrected chi connectivity index (χ4v) is 2.52. The topological polar surface area (TPSA) is 46.3 Å². The molecule has 1 unspecified atom stereocenters. The zero-order valence-corrected chi connectivity index (χ0v) is 13.4. The third-order valence-corrected chi connectivity index (χ3v) is 4.27. The Morgan fingerprint density at radius 3 is 2.79 bits per heavy atom. The lowest BCUT2D eigenvalue weighted by molar-refractivity contribution is -0.131. The number of thioether (sulfide) groups is 1. The number of carbonyl (C=O) groups excluding carboxylic acids is 1. The van der Waals surface area contributed by atoms with Crippen LogP contribution in [0.4, 0.5) is 0 Å². The summed E-state index contributed by atoms with van der Waals surface area (Å²) in [6.07, 6.45) is 2.67. The van der Waals surface area contributed by atoms with Crippen molar-refractivity contribution in [2.24, 2.45) is 5.73 Å². The summed E-state index contributed by atoms with van der Waals surface area (Å²) in [6.45, 7) is 0.408. The minimum absolute atomic E-state index is 0.0786. The Balaban J connectivity index is 2.66. The smallest absolute Gasteiger partial charge is 0.239 e. The predicted molar refractivity (Wildman–Crippen MR) is 83.9 cm³/mol. The molecular formula is C13H18Cl2N2OS. The Labute approximate surface area is 128 Å². The third kappa shape index (κ3) is 4.88. The first kappa shape index (κ1) is 16.6. The van der Waals surface area contributed by atoms with E-state index in [1.807, 2.05) is 18.4 Å². The highest BCUT2D eigenvalue weighted by molar-refractivity contribution is 7.98. The average Bonchev–Trinajstić information content (AvgIpc) is 2.40. The molecule has 0 fully saturated rings. The molecule has 106 valence electrons. The van der Waals surface area contributed by atoms with Crippen LogP contribution in [0.2, 0.25) is 10.0 Å². The van der Waals surface area contributed by atoms with Crippen LogP contribution in [0.15, 0.2) is 18.2 Å². The SMILES string of the molecule is CSCCC(N)C(=O)N(C)Cc1cccc(Cl)c1Cl. The van der Waals surface area contributed by atoms with Gasteiger partial charge in [-0.3, -0.25) is 4.79 Å². The Kier molecular flexibility index (Phi) is 7.00. The highest BCUT2D eigenvalue weighted by atomic mass is 35.5. The molecule has 1 aromatic rings. The van der Waals surface area contributed by atoms with E-state index in [0.717, 1.165) is 11.3 Å². The van der Waals surface area contributed by atoms with Gasteiger partial charge in [0.15, 0.2) is 0 Å². The highest BCUT2D eigenvalue weighted by Gasteiger charge is 2.18. The van der Waals surface area contributed by atoms with Gasteiger partial charge in [-0.1, -0.05) is 35.3 Å². The van der Waals surface area contributed by atoms with Crippen LogP contribution in [0.5, 0.6) is 0 Å². The molecule has 1 rings (SSSR count). The van der Waals surface area contributed by atoms with Crippen LogP contribution in [0.3, 0.4) is 0 Å². The number of rotatable bonds is 6. The van der Waals surface area contributed by atoms with Gasteiger partial charge in [0.05, 0.1) is 16.1 Å². The summed E-state index contributed by atoms with van der Waals surface area (Å²) in [4.78, 5) is 13.7. The van der Waals surface area contributed by atoms with E-state index in [-0.39, 0.29) is 5.91 Å². The molecule has 1 aromatic carbocycles. The van der Waals surface area contributed by atoms with E-state index >= 15 is 0 Å². The molecule has 0 spiro atoms. The fraction of sp³-hybridized carbons (Fsp3) is 0.462. The van der Waals surface area contributed by atoms with E-state index in [0.29, 0.717) is 23.0 Å². The summed E-state index contributed by atoms with van der Waals surface area (Å²) in [7, 11) is 1.72. The first-order valence-corrected chi connectivity index (χ1v) is 8.04. The second-order valence-corrected chi connectivity index (χ2v) is 6.07. The van der Waals surface area contributed by atoms with Gasteiger partial charge in [-0.2, -0.15) is 11.8 Å². The summed E-state index contributed by atoms with van der Waals surface area (Å²) in [5.74, 6) is 0.795. The number of halogens is 2. The van der Waals surface area contributed by atoms with E-state index in [9.17, 15) is 4.79 Å². The van der Waals surface area contributed by atoms with Crippen LogP contribution < -0.4 is 5.73 Å². The summed E-state index contributed by atoms with van der Waals surface area (Å²) in [6, 6.07) is 4.93. The maximum Gasteiger partial charge on any atom is 0.239 e. The van der Waals surface area contributed by atoms with Gasteiger partial charge in [0.1, 0.15) is 0 Å². The molecule has 1 atom stereocenters. The lowest BCUT2D eigenvalue weighted by atomic mass is 10.1. The zero-order chi connectivity index (χ0) is 14.4. The Hall–Kier alpha value is -0.420. The summed E-state index contributed by atoms with van der Waals surface area (Å²) in [5.41, 5.74) is 6.68. The van der Waals surface area contributed by atoms with Crippen LogP contribution in [0.25, 0.3) is 0 Å². The van der Waals surface area contributed by atoms with Crippen molar-refractivity contribution in [2.75, 3.05) is 19.1 Å². The lowest BCUT2D eigenvalue weighted by Crippen LogP contribution is -2.41. The molecule has 6 heteroatoms. The standard InChI is InChI=1S/C13H18Cl2N2OS/c1-17(13(18)11(16)6-7-19-2)8-9-4-3-5-10(14)12(9)15/h3-5,11H,6-8,16H2,1-2H3. The number of amides is 1. The predicted octanol–water partition coefficient (Wildman–Crippen LogP) is 3.03. The summed E-state index contributed by atoms with van der Waals surface area (Å²) >= 11 is 13.7. The quantitative estimate of drug-likeness (QED) is 0.876. The van der Waals surface area contributed by atoms with Crippen LogP contribution in [0, 0.1) is 0 Å². The van der Waals surface area contributed by atoms with Gasteiger partial charge in [0.25, 0.3) is 0 Å². The van der Waals surface area contributed by atoms with Crippen LogP contribution in [-0.2, 0) is 11.3 Å². The second-order valence-electron chi connectivity index (χ2n) is 4.30.